The molecule has 154 valence electrons. The number of guanidine groups is 1. The molecule has 0 saturated carbocycles. The Morgan fingerprint density at radius 2 is 1.86 bits per heavy atom. The highest BCUT2D eigenvalue weighted by Gasteiger charge is 2.18. The van der Waals surface area contributed by atoms with Crippen LogP contribution in [0.1, 0.15) is 42.6 Å². The Labute approximate surface area is 174 Å². The number of halogens is 1. The fourth-order valence-electron chi connectivity index (χ4n) is 3.35. The van der Waals surface area contributed by atoms with Gasteiger partial charge in [-0.25, -0.2) is 0 Å². The van der Waals surface area contributed by atoms with Crippen LogP contribution in [0, 0.1) is 0 Å². The van der Waals surface area contributed by atoms with Crippen LogP contribution >= 0.6 is 11.6 Å². The standard InChI is InChI=1S/C21H33ClN6/c1-15(2)20-17(14-28(7)25-20)13-27(6)21(23-3)24-12-19(26(4)5)16-8-10-18(22)11-9-16/h8-11,14-15,19H,12-13H2,1-7H3,(H,23,24). The summed E-state index contributed by atoms with van der Waals surface area (Å²) in [5.74, 6) is 1.25. The highest BCUT2D eigenvalue weighted by atomic mass is 35.5. The third-order valence-corrected chi connectivity index (χ3v) is 5.05. The van der Waals surface area contributed by atoms with Crippen LogP contribution in [0.2, 0.25) is 5.02 Å². The first-order chi connectivity index (χ1) is 13.2. The van der Waals surface area contributed by atoms with Crippen molar-refractivity contribution in [3.63, 3.8) is 0 Å². The van der Waals surface area contributed by atoms with Gasteiger partial charge in [0.25, 0.3) is 0 Å². The van der Waals surface area contributed by atoms with E-state index in [4.69, 9.17) is 11.6 Å². The summed E-state index contributed by atoms with van der Waals surface area (Å²) in [6, 6.07) is 8.23. The van der Waals surface area contributed by atoms with Gasteiger partial charge in [-0.1, -0.05) is 37.6 Å². The molecule has 2 aromatic rings. The first-order valence-corrected chi connectivity index (χ1v) is 9.96. The number of nitrogens with zero attached hydrogens (tertiary/aromatic N) is 5. The van der Waals surface area contributed by atoms with Crippen molar-refractivity contribution in [1.29, 1.82) is 0 Å². The van der Waals surface area contributed by atoms with Gasteiger partial charge < -0.3 is 15.1 Å². The molecule has 0 amide bonds. The highest BCUT2D eigenvalue weighted by molar-refractivity contribution is 6.30. The number of hydrogen-bond acceptors (Lipinski definition) is 3. The smallest absolute Gasteiger partial charge is 0.193 e. The molecule has 7 heteroatoms. The molecular formula is C21H33ClN6. The third kappa shape index (κ3) is 5.72. The van der Waals surface area contributed by atoms with E-state index in [-0.39, 0.29) is 6.04 Å². The van der Waals surface area contributed by atoms with E-state index in [0.29, 0.717) is 5.92 Å². The molecule has 0 spiro atoms. The number of hydrogen-bond donors (Lipinski definition) is 1. The Bertz CT molecular complexity index is 779. The SMILES string of the molecule is CN=C(NCC(c1ccc(Cl)cc1)N(C)C)N(C)Cc1cn(C)nc1C(C)C. The molecule has 28 heavy (non-hydrogen) atoms. The maximum absolute atomic E-state index is 6.04. The number of likely N-dealkylation sites (N-methyl/N-ethyl adjacent to an activating group) is 1. The molecule has 1 unspecified atom stereocenters. The lowest BCUT2D eigenvalue weighted by Gasteiger charge is -2.28. The van der Waals surface area contributed by atoms with Crippen molar-refractivity contribution >= 4 is 17.6 Å². The quantitative estimate of drug-likeness (QED) is 0.566. The van der Waals surface area contributed by atoms with Crippen LogP contribution in [0.4, 0.5) is 0 Å². The van der Waals surface area contributed by atoms with Crippen molar-refractivity contribution in [3.8, 4) is 0 Å². The minimum atomic E-state index is 0.215. The summed E-state index contributed by atoms with van der Waals surface area (Å²) >= 11 is 6.04. The van der Waals surface area contributed by atoms with Gasteiger partial charge in [-0.05, 0) is 37.7 Å². The predicted octanol–water partition coefficient (Wildman–Crippen LogP) is 3.51. The molecule has 1 atom stereocenters. The van der Waals surface area contributed by atoms with Crippen LogP contribution < -0.4 is 5.32 Å². The molecule has 1 aromatic carbocycles. The summed E-state index contributed by atoms with van der Waals surface area (Å²) in [7, 11) is 10.0. The van der Waals surface area contributed by atoms with Crippen LogP contribution in [-0.4, -0.2) is 60.3 Å². The summed E-state index contributed by atoms with van der Waals surface area (Å²) in [6.07, 6.45) is 2.09. The fraction of sp³-hybridized carbons (Fsp3) is 0.524. The first kappa shape index (κ1) is 22.2. The second-order valence-corrected chi connectivity index (χ2v) is 8.12. The molecule has 0 bridgehead atoms. The number of aliphatic imine (C=N–C) groups is 1. The van der Waals surface area contributed by atoms with E-state index < -0.39 is 0 Å². The maximum Gasteiger partial charge on any atom is 0.193 e. The van der Waals surface area contributed by atoms with Gasteiger partial charge in [0.1, 0.15) is 0 Å². The van der Waals surface area contributed by atoms with Crippen LogP contribution in [0.5, 0.6) is 0 Å². The average Bonchev–Trinajstić information content (AvgIpc) is 3.00. The zero-order valence-electron chi connectivity index (χ0n) is 18.1. The van der Waals surface area contributed by atoms with Crippen LogP contribution in [0.15, 0.2) is 35.5 Å². The molecule has 1 N–H and O–H groups in total. The van der Waals surface area contributed by atoms with Gasteiger partial charge in [-0.3, -0.25) is 9.67 Å². The lowest BCUT2D eigenvalue weighted by molar-refractivity contribution is 0.295. The molecule has 0 aliphatic heterocycles. The second-order valence-electron chi connectivity index (χ2n) is 7.68. The monoisotopic (exact) mass is 404 g/mol. The van der Waals surface area contributed by atoms with E-state index in [9.17, 15) is 0 Å². The number of aryl methyl sites for hydroxylation is 1. The minimum Gasteiger partial charge on any atom is -0.354 e. The Morgan fingerprint density at radius 1 is 1.21 bits per heavy atom. The van der Waals surface area contributed by atoms with Crippen LogP contribution in [-0.2, 0) is 13.6 Å². The number of benzene rings is 1. The Hall–Kier alpha value is -2.05. The fourth-order valence-corrected chi connectivity index (χ4v) is 3.48. The van der Waals surface area contributed by atoms with Crippen molar-refractivity contribution in [2.75, 3.05) is 34.7 Å². The summed E-state index contributed by atoms with van der Waals surface area (Å²) in [5, 5.41) is 8.87. The summed E-state index contributed by atoms with van der Waals surface area (Å²) < 4.78 is 1.89. The van der Waals surface area contributed by atoms with Gasteiger partial charge in [0.15, 0.2) is 5.96 Å². The molecule has 6 nitrogen and oxygen atoms in total. The Morgan fingerprint density at radius 3 is 2.39 bits per heavy atom. The number of aromatic nitrogens is 2. The molecule has 0 saturated heterocycles. The van der Waals surface area contributed by atoms with E-state index >= 15 is 0 Å². The zero-order valence-corrected chi connectivity index (χ0v) is 18.8. The van der Waals surface area contributed by atoms with Gasteiger partial charge >= 0.3 is 0 Å². The Kier molecular flexibility index (Phi) is 7.89. The van der Waals surface area contributed by atoms with Gasteiger partial charge in [0.05, 0.1) is 11.7 Å². The summed E-state index contributed by atoms with van der Waals surface area (Å²) in [6.45, 7) is 5.85. The summed E-state index contributed by atoms with van der Waals surface area (Å²) in [4.78, 5) is 8.80. The second kappa shape index (κ2) is 9.94. The van der Waals surface area contributed by atoms with Gasteiger partial charge in [-0.15, -0.1) is 0 Å². The van der Waals surface area contributed by atoms with Gasteiger partial charge in [0.2, 0.25) is 0 Å². The number of rotatable bonds is 7. The maximum atomic E-state index is 6.04. The number of nitrogens with one attached hydrogen (secondary N) is 1. The molecule has 0 radical (unpaired) electrons. The van der Waals surface area contributed by atoms with Crippen molar-refractivity contribution in [2.45, 2.75) is 32.4 Å². The third-order valence-electron chi connectivity index (χ3n) is 4.80. The molecule has 1 heterocycles. The average molecular weight is 405 g/mol. The lowest BCUT2D eigenvalue weighted by Crippen LogP contribution is -2.42. The van der Waals surface area contributed by atoms with Crippen molar-refractivity contribution < 1.29 is 0 Å². The molecule has 0 aliphatic carbocycles. The van der Waals surface area contributed by atoms with Crippen LogP contribution in [0.25, 0.3) is 0 Å². The minimum absolute atomic E-state index is 0.215. The lowest BCUT2D eigenvalue weighted by atomic mass is 10.1. The highest BCUT2D eigenvalue weighted by Crippen LogP contribution is 2.21. The van der Waals surface area contributed by atoms with E-state index in [1.165, 1.54) is 11.1 Å². The van der Waals surface area contributed by atoms with Crippen molar-refractivity contribution in [2.24, 2.45) is 12.0 Å². The van der Waals surface area contributed by atoms with Crippen molar-refractivity contribution in [3.05, 3.63) is 52.3 Å². The van der Waals surface area contributed by atoms with Crippen LogP contribution in [0.3, 0.4) is 0 Å². The van der Waals surface area contributed by atoms with E-state index in [1.54, 1.807) is 0 Å². The van der Waals surface area contributed by atoms with E-state index in [0.717, 1.165) is 29.8 Å². The predicted molar refractivity (Wildman–Crippen MR) is 118 cm³/mol. The molecule has 1 aromatic heterocycles. The van der Waals surface area contributed by atoms with Gasteiger partial charge in [-0.2, -0.15) is 5.10 Å². The molecule has 2 rings (SSSR count). The normalized spacial score (nSPS) is 13.3. The molecule has 0 aliphatic rings. The molecular weight excluding hydrogens is 372 g/mol. The van der Waals surface area contributed by atoms with Crippen molar-refractivity contribution in [1.82, 2.24) is 24.9 Å². The topological polar surface area (TPSA) is 48.7 Å². The van der Waals surface area contributed by atoms with E-state index in [2.05, 4.69) is 78.5 Å². The Balaban J connectivity index is 2.07. The largest absolute Gasteiger partial charge is 0.354 e. The zero-order chi connectivity index (χ0) is 20.8. The van der Waals surface area contributed by atoms with Gasteiger partial charge in [0, 0.05) is 51.0 Å². The first-order valence-electron chi connectivity index (χ1n) is 9.59. The van der Waals surface area contributed by atoms with E-state index in [1.807, 2.05) is 30.9 Å². The summed E-state index contributed by atoms with van der Waals surface area (Å²) in [5.41, 5.74) is 3.58. The molecule has 0 fully saturated rings.